The Hall–Kier alpha value is -1.54. The van der Waals surface area contributed by atoms with E-state index in [4.69, 9.17) is 4.74 Å². The van der Waals surface area contributed by atoms with Gasteiger partial charge in [-0.25, -0.2) is 0 Å². The fourth-order valence-corrected chi connectivity index (χ4v) is 1.29. The monoisotopic (exact) mass is 217 g/mol. The topological polar surface area (TPSA) is 21.3 Å². The minimum Gasteiger partial charge on any atom is -0.489 e. The van der Waals surface area contributed by atoms with Gasteiger partial charge >= 0.3 is 0 Å². The van der Waals surface area contributed by atoms with Crippen LogP contribution in [0.4, 0.5) is 0 Å². The molecule has 0 aliphatic heterocycles. The van der Waals surface area contributed by atoms with Crippen molar-refractivity contribution >= 4 is 0 Å². The van der Waals surface area contributed by atoms with E-state index in [-0.39, 0.29) is 0 Å². The second-order valence-electron chi connectivity index (χ2n) is 3.61. The van der Waals surface area contributed by atoms with Crippen molar-refractivity contribution in [3.8, 4) is 5.75 Å². The third-order valence-electron chi connectivity index (χ3n) is 2.30. The molecule has 0 aliphatic rings. The van der Waals surface area contributed by atoms with Crippen LogP contribution >= 0.6 is 0 Å². The van der Waals surface area contributed by atoms with Crippen molar-refractivity contribution in [2.75, 3.05) is 6.61 Å². The molecule has 0 amide bonds. The first kappa shape index (κ1) is 12.5. The number of ether oxygens (including phenoxy) is 1. The van der Waals surface area contributed by atoms with Gasteiger partial charge in [0.05, 0.1) is 0 Å². The van der Waals surface area contributed by atoms with Crippen molar-refractivity contribution in [1.82, 2.24) is 5.32 Å². The zero-order valence-electron chi connectivity index (χ0n) is 9.78. The maximum Gasteiger partial charge on any atom is 0.124 e. The van der Waals surface area contributed by atoms with Crippen LogP contribution < -0.4 is 10.1 Å². The molecule has 0 radical (unpaired) electrons. The third-order valence-corrected chi connectivity index (χ3v) is 2.30. The third kappa shape index (κ3) is 3.91. The molecule has 0 fully saturated rings. The van der Waals surface area contributed by atoms with Crippen molar-refractivity contribution in [3.63, 3.8) is 0 Å². The van der Waals surface area contributed by atoms with E-state index >= 15 is 0 Å². The predicted molar refractivity (Wildman–Crippen MR) is 68.6 cm³/mol. The maximum atomic E-state index is 5.57. The molecule has 0 bridgehead atoms. The van der Waals surface area contributed by atoms with Crippen molar-refractivity contribution in [2.24, 2.45) is 0 Å². The first-order valence-electron chi connectivity index (χ1n) is 5.45. The highest BCUT2D eigenvalue weighted by Crippen LogP contribution is 2.17. The lowest BCUT2D eigenvalue weighted by molar-refractivity contribution is 0.357. The van der Waals surface area contributed by atoms with Gasteiger partial charge in [0.2, 0.25) is 0 Å². The largest absolute Gasteiger partial charge is 0.489 e. The van der Waals surface area contributed by atoms with Gasteiger partial charge in [-0.05, 0) is 13.0 Å². The van der Waals surface area contributed by atoms with Crippen molar-refractivity contribution < 1.29 is 4.74 Å². The summed E-state index contributed by atoms with van der Waals surface area (Å²) in [4.78, 5) is 0. The highest BCUT2D eigenvalue weighted by atomic mass is 16.5. The summed E-state index contributed by atoms with van der Waals surface area (Å²) in [5, 5.41) is 3.34. The van der Waals surface area contributed by atoms with Crippen LogP contribution in [0.15, 0.2) is 49.6 Å². The molecule has 0 saturated carbocycles. The van der Waals surface area contributed by atoms with Crippen molar-refractivity contribution in [2.45, 2.75) is 19.5 Å². The van der Waals surface area contributed by atoms with E-state index < -0.39 is 0 Å². The average molecular weight is 217 g/mol. The van der Waals surface area contributed by atoms with Crippen molar-refractivity contribution in [3.05, 3.63) is 55.1 Å². The van der Waals surface area contributed by atoms with Crippen LogP contribution in [0.3, 0.4) is 0 Å². The summed E-state index contributed by atoms with van der Waals surface area (Å²) in [6, 6.07) is 8.31. The Morgan fingerprint density at radius 2 is 2.12 bits per heavy atom. The van der Waals surface area contributed by atoms with Gasteiger partial charge in [-0.3, -0.25) is 0 Å². The van der Waals surface area contributed by atoms with E-state index in [1.807, 2.05) is 24.3 Å². The first-order chi connectivity index (χ1) is 7.77. The SMILES string of the molecule is C=CCOc1ccccc1CNC(C)C=C. The Kier molecular flexibility index (Phi) is 5.37. The van der Waals surface area contributed by atoms with E-state index in [1.165, 1.54) is 0 Å². The summed E-state index contributed by atoms with van der Waals surface area (Å²) in [6.07, 6.45) is 3.63. The Labute approximate surface area is 97.6 Å². The molecule has 2 heteroatoms. The average Bonchev–Trinajstić information content (AvgIpc) is 2.34. The molecule has 86 valence electrons. The van der Waals surface area contributed by atoms with Gasteiger partial charge in [0.25, 0.3) is 0 Å². The Morgan fingerprint density at radius 3 is 2.81 bits per heavy atom. The van der Waals surface area contributed by atoms with E-state index in [2.05, 4.69) is 31.5 Å². The summed E-state index contributed by atoms with van der Waals surface area (Å²) in [6.45, 7) is 10.8. The lowest BCUT2D eigenvalue weighted by atomic mass is 10.2. The summed E-state index contributed by atoms with van der Waals surface area (Å²) >= 11 is 0. The fourth-order valence-electron chi connectivity index (χ4n) is 1.29. The Bertz CT molecular complexity index is 346. The summed E-state index contributed by atoms with van der Waals surface area (Å²) in [5.74, 6) is 0.908. The smallest absolute Gasteiger partial charge is 0.124 e. The highest BCUT2D eigenvalue weighted by molar-refractivity contribution is 5.33. The van der Waals surface area contributed by atoms with Gasteiger partial charge in [0.15, 0.2) is 0 Å². The molecule has 2 nitrogen and oxygen atoms in total. The molecular weight excluding hydrogens is 198 g/mol. The second kappa shape index (κ2) is 6.85. The number of nitrogens with one attached hydrogen (secondary N) is 1. The fraction of sp³-hybridized carbons (Fsp3) is 0.286. The molecule has 0 saturated heterocycles. The number of hydrogen-bond donors (Lipinski definition) is 1. The molecule has 1 atom stereocenters. The van der Waals surface area contributed by atoms with Crippen LogP contribution in [-0.2, 0) is 6.54 Å². The molecule has 0 aromatic heterocycles. The standard InChI is InChI=1S/C14H19NO/c1-4-10-16-14-9-7-6-8-13(14)11-15-12(3)5-2/h4-9,12,15H,1-2,10-11H2,3H3. The molecule has 0 aliphatic carbocycles. The van der Waals surface area contributed by atoms with Gasteiger partial charge in [-0.1, -0.05) is 36.9 Å². The highest BCUT2D eigenvalue weighted by Gasteiger charge is 2.02. The normalized spacial score (nSPS) is 11.8. The van der Waals surface area contributed by atoms with Gasteiger partial charge in [-0.15, -0.1) is 6.58 Å². The van der Waals surface area contributed by atoms with Crippen LogP contribution in [0.1, 0.15) is 12.5 Å². The lowest BCUT2D eigenvalue weighted by Crippen LogP contribution is -2.23. The molecule has 1 N–H and O–H groups in total. The molecule has 0 spiro atoms. The molecule has 1 unspecified atom stereocenters. The maximum absolute atomic E-state index is 5.57. The zero-order valence-corrected chi connectivity index (χ0v) is 9.78. The number of benzene rings is 1. The number of para-hydroxylation sites is 1. The zero-order chi connectivity index (χ0) is 11.8. The number of rotatable bonds is 7. The van der Waals surface area contributed by atoms with Crippen LogP contribution in [-0.4, -0.2) is 12.6 Å². The summed E-state index contributed by atoms with van der Waals surface area (Å²) in [5.41, 5.74) is 1.15. The second-order valence-corrected chi connectivity index (χ2v) is 3.61. The van der Waals surface area contributed by atoms with Gasteiger partial charge in [-0.2, -0.15) is 0 Å². The van der Waals surface area contributed by atoms with Crippen LogP contribution in [0.25, 0.3) is 0 Å². The van der Waals surface area contributed by atoms with Crippen molar-refractivity contribution in [1.29, 1.82) is 0 Å². The molecule has 1 aromatic rings. The van der Waals surface area contributed by atoms with E-state index in [0.717, 1.165) is 17.9 Å². The number of hydrogen-bond acceptors (Lipinski definition) is 2. The lowest BCUT2D eigenvalue weighted by Gasteiger charge is -2.13. The van der Waals surface area contributed by atoms with Crippen LogP contribution in [0.5, 0.6) is 5.75 Å². The Morgan fingerprint density at radius 1 is 1.38 bits per heavy atom. The molecule has 0 heterocycles. The Balaban J connectivity index is 2.62. The van der Waals surface area contributed by atoms with Gasteiger partial charge in [0, 0.05) is 18.2 Å². The van der Waals surface area contributed by atoms with Crippen LogP contribution in [0, 0.1) is 0 Å². The minimum absolute atomic E-state index is 0.299. The molecule has 1 rings (SSSR count). The molecule has 1 aromatic carbocycles. The van der Waals surface area contributed by atoms with E-state index in [0.29, 0.717) is 12.6 Å². The van der Waals surface area contributed by atoms with Crippen LogP contribution in [0.2, 0.25) is 0 Å². The summed E-state index contributed by atoms with van der Waals surface area (Å²) < 4.78 is 5.57. The van der Waals surface area contributed by atoms with Gasteiger partial charge < -0.3 is 10.1 Å². The molecular formula is C14H19NO. The predicted octanol–water partition coefficient (Wildman–Crippen LogP) is 2.92. The molecule has 16 heavy (non-hydrogen) atoms. The minimum atomic E-state index is 0.299. The van der Waals surface area contributed by atoms with Gasteiger partial charge in [0.1, 0.15) is 12.4 Å². The first-order valence-corrected chi connectivity index (χ1v) is 5.45. The summed E-state index contributed by atoms with van der Waals surface area (Å²) in [7, 11) is 0. The van der Waals surface area contributed by atoms with E-state index in [1.54, 1.807) is 6.08 Å². The quantitative estimate of drug-likeness (QED) is 0.709. The van der Waals surface area contributed by atoms with E-state index in [9.17, 15) is 0 Å².